The number of aromatic nitrogens is 3. The van der Waals surface area contributed by atoms with Crippen LogP contribution in [0.3, 0.4) is 0 Å². The third-order valence-corrected chi connectivity index (χ3v) is 4.29. The molecule has 2 aromatic rings. The van der Waals surface area contributed by atoms with Gasteiger partial charge in [0.2, 0.25) is 5.91 Å². The summed E-state index contributed by atoms with van der Waals surface area (Å²) >= 11 is 5.78. The molecule has 0 aliphatic carbocycles. The van der Waals surface area contributed by atoms with Crippen LogP contribution in [0.5, 0.6) is 0 Å². The second kappa shape index (κ2) is 6.64. The molecule has 1 saturated heterocycles. The Labute approximate surface area is 138 Å². The van der Waals surface area contributed by atoms with E-state index in [1.54, 1.807) is 16.9 Å². The van der Waals surface area contributed by atoms with Crippen LogP contribution in [0.15, 0.2) is 24.4 Å². The minimum absolute atomic E-state index is 0.0416. The number of halogens is 2. The summed E-state index contributed by atoms with van der Waals surface area (Å²) in [4.78, 5) is 13.5. The summed E-state index contributed by atoms with van der Waals surface area (Å²) in [7, 11) is 0. The van der Waals surface area contributed by atoms with Crippen molar-refractivity contribution >= 4 is 17.5 Å². The lowest BCUT2D eigenvalue weighted by molar-refractivity contribution is -0.123. The zero-order chi connectivity index (χ0) is 16.4. The number of carbonyl (C=O) groups excluding carboxylic acids is 1. The molecule has 0 saturated carbocycles. The van der Waals surface area contributed by atoms with Gasteiger partial charge in [-0.15, -0.1) is 5.10 Å². The fourth-order valence-electron chi connectivity index (χ4n) is 2.79. The van der Waals surface area contributed by atoms with Crippen molar-refractivity contribution in [3.05, 3.63) is 40.9 Å². The first kappa shape index (κ1) is 15.9. The zero-order valence-electron chi connectivity index (χ0n) is 12.5. The van der Waals surface area contributed by atoms with E-state index in [2.05, 4.69) is 15.2 Å². The molecule has 23 heavy (non-hydrogen) atoms. The van der Waals surface area contributed by atoms with Gasteiger partial charge < -0.3 is 5.73 Å². The smallest absolute Gasteiger partial charge is 0.221 e. The molecule has 1 unspecified atom stereocenters. The summed E-state index contributed by atoms with van der Waals surface area (Å²) in [5, 5.41) is 8.21. The Bertz CT molecular complexity index is 720. The van der Waals surface area contributed by atoms with E-state index in [-0.39, 0.29) is 16.8 Å². The van der Waals surface area contributed by atoms with Gasteiger partial charge in [-0.3, -0.25) is 9.69 Å². The standard InChI is InChI=1S/C15H17ClFN5O/c16-13-6-12(3-4-14(13)17)22-9-11(19-20-22)8-21-5-1-2-10(7-21)15(18)23/h3-4,6,9-10H,1-2,5,7-8H2,(H2,18,23). The van der Waals surface area contributed by atoms with Crippen molar-refractivity contribution in [2.75, 3.05) is 13.1 Å². The summed E-state index contributed by atoms with van der Waals surface area (Å²) in [5.74, 6) is -0.824. The largest absolute Gasteiger partial charge is 0.369 e. The van der Waals surface area contributed by atoms with Crippen LogP contribution in [0.25, 0.3) is 5.69 Å². The van der Waals surface area contributed by atoms with Crippen LogP contribution in [-0.4, -0.2) is 38.9 Å². The first-order chi connectivity index (χ1) is 11.0. The first-order valence-corrected chi connectivity index (χ1v) is 7.79. The average molecular weight is 338 g/mol. The molecule has 3 rings (SSSR count). The molecule has 6 nitrogen and oxygen atoms in total. The molecule has 122 valence electrons. The van der Waals surface area contributed by atoms with Gasteiger partial charge in [0.1, 0.15) is 5.82 Å². The number of piperidine rings is 1. The van der Waals surface area contributed by atoms with Crippen molar-refractivity contribution in [2.24, 2.45) is 11.7 Å². The fraction of sp³-hybridized carbons (Fsp3) is 0.400. The van der Waals surface area contributed by atoms with E-state index >= 15 is 0 Å². The molecule has 2 N–H and O–H groups in total. The number of hydrogen-bond donors (Lipinski definition) is 1. The number of nitrogens with two attached hydrogens (primary N) is 1. The molecule has 0 bridgehead atoms. The van der Waals surface area contributed by atoms with Crippen LogP contribution in [0, 0.1) is 11.7 Å². The van der Waals surface area contributed by atoms with Crippen LogP contribution in [0.4, 0.5) is 4.39 Å². The number of carbonyl (C=O) groups is 1. The normalized spacial score (nSPS) is 19.0. The zero-order valence-corrected chi connectivity index (χ0v) is 13.2. The summed E-state index contributed by atoms with van der Waals surface area (Å²) in [6, 6.07) is 4.38. The monoisotopic (exact) mass is 337 g/mol. The van der Waals surface area contributed by atoms with Gasteiger partial charge in [-0.05, 0) is 37.6 Å². The third kappa shape index (κ3) is 3.68. The molecule has 1 aliphatic heterocycles. The summed E-state index contributed by atoms with van der Waals surface area (Å²) in [6.07, 6.45) is 3.55. The lowest BCUT2D eigenvalue weighted by Crippen LogP contribution is -2.40. The Balaban J connectivity index is 1.69. The number of hydrogen-bond acceptors (Lipinski definition) is 4. The Kier molecular flexibility index (Phi) is 4.58. The van der Waals surface area contributed by atoms with E-state index in [0.29, 0.717) is 18.8 Å². The van der Waals surface area contributed by atoms with Crippen LogP contribution in [0.1, 0.15) is 18.5 Å². The van der Waals surface area contributed by atoms with E-state index in [1.807, 2.05) is 0 Å². The molecule has 8 heteroatoms. The topological polar surface area (TPSA) is 77.0 Å². The van der Waals surface area contributed by atoms with Gasteiger partial charge in [0.05, 0.1) is 28.5 Å². The maximum absolute atomic E-state index is 13.2. The maximum Gasteiger partial charge on any atom is 0.221 e. The van der Waals surface area contributed by atoms with E-state index in [9.17, 15) is 9.18 Å². The summed E-state index contributed by atoms with van der Waals surface area (Å²) in [6.45, 7) is 2.14. The molecule has 0 spiro atoms. The third-order valence-electron chi connectivity index (χ3n) is 4.00. The molecule has 1 atom stereocenters. The van der Waals surface area contributed by atoms with E-state index in [4.69, 9.17) is 17.3 Å². The average Bonchev–Trinajstić information content (AvgIpc) is 2.99. The Morgan fingerprint density at radius 1 is 1.48 bits per heavy atom. The van der Waals surface area contributed by atoms with Gasteiger partial charge in [-0.2, -0.15) is 0 Å². The van der Waals surface area contributed by atoms with Gasteiger partial charge in [0, 0.05) is 13.1 Å². The van der Waals surface area contributed by atoms with Crippen LogP contribution in [0.2, 0.25) is 5.02 Å². The molecule has 1 aromatic carbocycles. The summed E-state index contributed by atoms with van der Waals surface area (Å²) in [5.41, 5.74) is 6.80. The highest BCUT2D eigenvalue weighted by Gasteiger charge is 2.24. The number of amides is 1. The molecular weight excluding hydrogens is 321 g/mol. The molecule has 1 aliphatic rings. The van der Waals surface area contributed by atoms with Gasteiger partial charge in [-0.1, -0.05) is 16.8 Å². The predicted molar refractivity (Wildman–Crippen MR) is 83.5 cm³/mol. The van der Waals surface area contributed by atoms with Gasteiger partial charge >= 0.3 is 0 Å². The number of benzene rings is 1. The highest BCUT2D eigenvalue weighted by Crippen LogP contribution is 2.20. The Hall–Kier alpha value is -1.99. The van der Waals surface area contributed by atoms with E-state index in [0.717, 1.165) is 25.1 Å². The SMILES string of the molecule is NC(=O)C1CCCN(Cc2cn(-c3ccc(F)c(Cl)c3)nn2)C1. The van der Waals surface area contributed by atoms with Crippen molar-refractivity contribution in [3.63, 3.8) is 0 Å². The lowest BCUT2D eigenvalue weighted by atomic mass is 9.97. The maximum atomic E-state index is 13.2. The van der Waals surface area contributed by atoms with Crippen molar-refractivity contribution in [1.29, 1.82) is 0 Å². The van der Waals surface area contributed by atoms with Gasteiger partial charge in [-0.25, -0.2) is 9.07 Å². The van der Waals surface area contributed by atoms with Crippen molar-refractivity contribution in [2.45, 2.75) is 19.4 Å². The Morgan fingerprint density at radius 3 is 3.04 bits per heavy atom. The minimum Gasteiger partial charge on any atom is -0.369 e. The highest BCUT2D eigenvalue weighted by atomic mass is 35.5. The van der Waals surface area contributed by atoms with Crippen LogP contribution >= 0.6 is 11.6 Å². The van der Waals surface area contributed by atoms with Gasteiger partial charge in [0.15, 0.2) is 0 Å². The number of primary amides is 1. The van der Waals surface area contributed by atoms with Crippen LogP contribution < -0.4 is 5.73 Å². The lowest BCUT2D eigenvalue weighted by Gasteiger charge is -2.30. The predicted octanol–water partition coefficient (Wildman–Crippen LogP) is 1.76. The second-order valence-electron chi connectivity index (χ2n) is 5.73. The van der Waals surface area contributed by atoms with E-state index in [1.165, 1.54) is 12.1 Å². The molecule has 0 radical (unpaired) electrons. The van der Waals surface area contributed by atoms with Crippen molar-refractivity contribution in [3.8, 4) is 5.69 Å². The molecule has 1 aromatic heterocycles. The fourth-order valence-corrected chi connectivity index (χ4v) is 2.96. The number of rotatable bonds is 4. The number of likely N-dealkylation sites (tertiary alicyclic amines) is 1. The van der Waals surface area contributed by atoms with Gasteiger partial charge in [0.25, 0.3) is 0 Å². The quantitative estimate of drug-likeness (QED) is 0.922. The van der Waals surface area contributed by atoms with E-state index < -0.39 is 5.82 Å². The van der Waals surface area contributed by atoms with Crippen LogP contribution in [-0.2, 0) is 11.3 Å². The molecule has 2 heterocycles. The molecule has 1 amide bonds. The van der Waals surface area contributed by atoms with Crippen molar-refractivity contribution < 1.29 is 9.18 Å². The molecular formula is C15H17ClFN5O. The highest BCUT2D eigenvalue weighted by molar-refractivity contribution is 6.30. The first-order valence-electron chi connectivity index (χ1n) is 7.41. The Morgan fingerprint density at radius 2 is 2.30 bits per heavy atom. The molecule has 1 fully saturated rings. The second-order valence-corrected chi connectivity index (χ2v) is 6.14. The minimum atomic E-state index is -0.471. The van der Waals surface area contributed by atoms with Crippen molar-refractivity contribution in [1.82, 2.24) is 19.9 Å². The number of nitrogens with zero attached hydrogens (tertiary/aromatic N) is 4. The summed E-state index contributed by atoms with van der Waals surface area (Å²) < 4.78 is 14.8.